The first kappa shape index (κ1) is 16.2. The maximum absolute atomic E-state index is 11.3. The fourth-order valence-electron chi connectivity index (χ4n) is 1.13. The molecule has 0 aliphatic carbocycles. The minimum absolute atomic E-state index is 0.224. The largest absolute Gasteiger partial charge is 0.480 e. The zero-order valence-electron chi connectivity index (χ0n) is 10.5. The lowest BCUT2D eigenvalue weighted by Gasteiger charge is -2.19. The van der Waals surface area contributed by atoms with Crippen molar-refractivity contribution in [2.45, 2.75) is 45.3 Å². The van der Waals surface area contributed by atoms with E-state index in [2.05, 4.69) is 17.9 Å². The molecule has 0 saturated heterocycles. The Labute approximate surface area is 107 Å². The predicted molar refractivity (Wildman–Crippen MR) is 68.4 cm³/mol. The van der Waals surface area contributed by atoms with Crippen LogP contribution in [0.15, 0.2) is 0 Å². The first-order chi connectivity index (χ1) is 7.76. The summed E-state index contributed by atoms with van der Waals surface area (Å²) >= 11 is 3.92. The van der Waals surface area contributed by atoms with E-state index in [-0.39, 0.29) is 18.1 Å². The van der Waals surface area contributed by atoms with E-state index in [9.17, 15) is 9.59 Å². The molecule has 17 heavy (non-hydrogen) atoms. The van der Waals surface area contributed by atoms with Crippen molar-refractivity contribution in [2.75, 3.05) is 12.3 Å². The molecule has 0 aliphatic rings. The minimum Gasteiger partial charge on any atom is -0.480 e. The van der Waals surface area contributed by atoms with Gasteiger partial charge in [0.2, 0.25) is 0 Å². The van der Waals surface area contributed by atoms with Crippen LogP contribution in [0, 0.1) is 0 Å². The molecule has 0 aromatic carbocycles. The molecular weight excluding hydrogens is 242 g/mol. The van der Waals surface area contributed by atoms with E-state index in [4.69, 9.17) is 9.84 Å². The number of hydrogen-bond acceptors (Lipinski definition) is 5. The maximum Gasteiger partial charge on any atom is 0.321 e. The van der Waals surface area contributed by atoms with Crippen molar-refractivity contribution in [3.63, 3.8) is 0 Å². The molecule has 0 fully saturated rings. The molecule has 0 saturated carbocycles. The normalized spacial score (nSPS) is 13.2. The molecular formula is C11H21NO4S. The number of nitrogens with one attached hydrogen (secondary N) is 1. The van der Waals surface area contributed by atoms with Gasteiger partial charge >= 0.3 is 11.9 Å². The average Bonchev–Trinajstić information content (AvgIpc) is 2.14. The van der Waals surface area contributed by atoms with Gasteiger partial charge in [-0.05, 0) is 33.7 Å². The Hall–Kier alpha value is -0.750. The Bertz CT molecular complexity index is 263. The van der Waals surface area contributed by atoms with Gasteiger partial charge in [0.1, 0.15) is 11.6 Å². The summed E-state index contributed by atoms with van der Waals surface area (Å²) in [6, 6.07) is -0.669. The van der Waals surface area contributed by atoms with Crippen LogP contribution in [0.3, 0.4) is 0 Å². The molecule has 100 valence electrons. The van der Waals surface area contributed by atoms with Gasteiger partial charge in [-0.3, -0.25) is 9.59 Å². The molecule has 0 radical (unpaired) electrons. The first-order valence-electron chi connectivity index (χ1n) is 5.55. The van der Waals surface area contributed by atoms with Gasteiger partial charge in [0.05, 0.1) is 0 Å². The third-order valence-electron chi connectivity index (χ3n) is 1.85. The molecule has 0 unspecified atom stereocenters. The van der Waals surface area contributed by atoms with Crippen LogP contribution in [0.5, 0.6) is 0 Å². The second-order valence-corrected chi connectivity index (χ2v) is 5.08. The van der Waals surface area contributed by atoms with Crippen molar-refractivity contribution in [3.8, 4) is 0 Å². The Kier molecular flexibility index (Phi) is 7.22. The molecule has 0 amide bonds. The average molecular weight is 263 g/mol. The molecule has 0 bridgehead atoms. The summed E-state index contributed by atoms with van der Waals surface area (Å²) in [7, 11) is 0. The SMILES string of the molecule is CC(C)(C)OC(=O)CCCN[C@@H](CS)C(=O)O. The fraction of sp³-hybridized carbons (Fsp3) is 0.818. The fourth-order valence-corrected chi connectivity index (χ4v) is 1.42. The van der Waals surface area contributed by atoms with Crippen molar-refractivity contribution >= 4 is 24.6 Å². The predicted octanol–water partition coefficient (Wildman–Crippen LogP) is 1.08. The third-order valence-corrected chi connectivity index (χ3v) is 2.21. The Morgan fingerprint density at radius 3 is 2.41 bits per heavy atom. The van der Waals surface area contributed by atoms with Crippen LogP contribution in [0.2, 0.25) is 0 Å². The third kappa shape index (κ3) is 9.00. The van der Waals surface area contributed by atoms with E-state index in [1.54, 1.807) is 0 Å². The summed E-state index contributed by atoms with van der Waals surface area (Å²) in [4.78, 5) is 22.0. The summed E-state index contributed by atoms with van der Waals surface area (Å²) in [5, 5.41) is 11.5. The summed E-state index contributed by atoms with van der Waals surface area (Å²) in [6.07, 6.45) is 0.829. The van der Waals surface area contributed by atoms with Crippen molar-refractivity contribution in [1.82, 2.24) is 5.32 Å². The van der Waals surface area contributed by atoms with Gasteiger partial charge in [0.15, 0.2) is 0 Å². The number of carbonyl (C=O) groups is 2. The molecule has 0 spiro atoms. The van der Waals surface area contributed by atoms with E-state index in [1.807, 2.05) is 20.8 Å². The lowest BCUT2D eigenvalue weighted by molar-refractivity contribution is -0.154. The molecule has 0 aromatic heterocycles. The van der Waals surface area contributed by atoms with Gasteiger partial charge in [0, 0.05) is 12.2 Å². The molecule has 0 rings (SSSR count). The monoisotopic (exact) mass is 263 g/mol. The lowest BCUT2D eigenvalue weighted by Crippen LogP contribution is -2.38. The van der Waals surface area contributed by atoms with Crippen LogP contribution in [-0.2, 0) is 14.3 Å². The number of thiol groups is 1. The molecule has 1 atom stereocenters. The molecule has 0 aliphatic heterocycles. The molecule has 0 aromatic rings. The van der Waals surface area contributed by atoms with Crippen molar-refractivity contribution in [3.05, 3.63) is 0 Å². The van der Waals surface area contributed by atoms with Crippen LogP contribution >= 0.6 is 12.6 Å². The van der Waals surface area contributed by atoms with E-state index in [1.165, 1.54) is 0 Å². The lowest BCUT2D eigenvalue weighted by atomic mass is 10.2. The number of esters is 1. The number of carbonyl (C=O) groups excluding carboxylic acids is 1. The Morgan fingerprint density at radius 1 is 1.41 bits per heavy atom. The van der Waals surface area contributed by atoms with Crippen molar-refractivity contribution < 1.29 is 19.4 Å². The zero-order chi connectivity index (χ0) is 13.5. The zero-order valence-corrected chi connectivity index (χ0v) is 11.4. The number of ether oxygens (including phenoxy) is 1. The maximum atomic E-state index is 11.3. The van der Waals surface area contributed by atoms with Crippen LogP contribution < -0.4 is 5.32 Å². The Morgan fingerprint density at radius 2 is 2.00 bits per heavy atom. The van der Waals surface area contributed by atoms with Crippen LogP contribution in [0.1, 0.15) is 33.6 Å². The van der Waals surface area contributed by atoms with Gasteiger partial charge in [-0.25, -0.2) is 0 Å². The van der Waals surface area contributed by atoms with Crippen LogP contribution in [0.25, 0.3) is 0 Å². The highest BCUT2D eigenvalue weighted by Crippen LogP contribution is 2.08. The van der Waals surface area contributed by atoms with E-state index >= 15 is 0 Å². The summed E-state index contributed by atoms with van der Waals surface area (Å²) in [6.45, 7) is 5.89. The minimum atomic E-state index is -0.933. The topological polar surface area (TPSA) is 75.6 Å². The quantitative estimate of drug-likeness (QED) is 0.364. The number of rotatable bonds is 7. The highest BCUT2D eigenvalue weighted by atomic mass is 32.1. The highest BCUT2D eigenvalue weighted by Gasteiger charge is 2.17. The van der Waals surface area contributed by atoms with Gasteiger partial charge in [-0.2, -0.15) is 12.6 Å². The van der Waals surface area contributed by atoms with Gasteiger partial charge in [-0.1, -0.05) is 0 Å². The van der Waals surface area contributed by atoms with Gasteiger partial charge < -0.3 is 15.2 Å². The molecule has 2 N–H and O–H groups in total. The standard InChI is InChI=1S/C11H21NO4S/c1-11(2,3)16-9(13)5-4-6-12-8(7-17)10(14)15/h8,12,17H,4-7H2,1-3H3,(H,14,15)/t8-/m0/s1. The summed E-state index contributed by atoms with van der Waals surface area (Å²) in [5.41, 5.74) is -0.473. The molecule has 6 heteroatoms. The second-order valence-electron chi connectivity index (χ2n) is 4.72. The summed E-state index contributed by atoms with van der Waals surface area (Å²) < 4.78 is 5.12. The Balaban J connectivity index is 3.71. The number of hydrogen-bond donors (Lipinski definition) is 3. The molecule has 5 nitrogen and oxygen atoms in total. The van der Waals surface area contributed by atoms with Crippen molar-refractivity contribution in [1.29, 1.82) is 0 Å². The number of carboxylic acids is 1. The van der Waals surface area contributed by atoms with Gasteiger partial charge in [-0.15, -0.1) is 0 Å². The van der Waals surface area contributed by atoms with E-state index in [0.29, 0.717) is 13.0 Å². The number of carboxylic acid groups (broad SMARTS) is 1. The van der Waals surface area contributed by atoms with E-state index in [0.717, 1.165) is 0 Å². The smallest absolute Gasteiger partial charge is 0.321 e. The summed E-state index contributed by atoms with van der Waals surface area (Å²) in [5.74, 6) is -0.976. The van der Waals surface area contributed by atoms with E-state index < -0.39 is 17.6 Å². The highest BCUT2D eigenvalue weighted by molar-refractivity contribution is 7.80. The van der Waals surface area contributed by atoms with Crippen LogP contribution in [0.4, 0.5) is 0 Å². The first-order valence-corrected chi connectivity index (χ1v) is 6.18. The second kappa shape index (κ2) is 7.55. The number of aliphatic carboxylic acids is 1. The van der Waals surface area contributed by atoms with Gasteiger partial charge in [0.25, 0.3) is 0 Å². The van der Waals surface area contributed by atoms with Crippen LogP contribution in [-0.4, -0.2) is 41.0 Å². The molecule has 0 heterocycles. The van der Waals surface area contributed by atoms with Crippen molar-refractivity contribution in [2.24, 2.45) is 0 Å².